The normalized spacial score (nSPS) is 16.2. The molecule has 2 N–H and O–H groups in total. The largest absolute Gasteiger partial charge is 0.356 e. The fourth-order valence-electron chi connectivity index (χ4n) is 2.64. The molecule has 0 radical (unpaired) electrons. The predicted octanol–water partition coefficient (Wildman–Crippen LogP) is 1.35. The second-order valence-electron chi connectivity index (χ2n) is 5.87. The van der Waals surface area contributed by atoms with Gasteiger partial charge in [-0.2, -0.15) is 5.10 Å². The first-order valence-electron chi connectivity index (χ1n) is 7.66. The quantitative estimate of drug-likeness (QED) is 0.645. The van der Waals surface area contributed by atoms with Crippen LogP contribution in [-0.2, 0) is 19.0 Å². The van der Waals surface area contributed by atoms with E-state index in [4.69, 9.17) is 0 Å². The Bertz CT molecular complexity index is 687. The standard InChI is InChI=1S/C16H21FN6/c1-18-15(19-9-14-21-11-22-23(14)2)20-10-16(7-8-16)12-3-5-13(17)6-4-12/h3-6,11H,7-10H2,1-2H3,(H2,18,19,20). The topological polar surface area (TPSA) is 67.1 Å². The van der Waals surface area contributed by atoms with Crippen molar-refractivity contribution in [2.45, 2.75) is 24.8 Å². The fraction of sp³-hybridized carbons (Fsp3) is 0.438. The van der Waals surface area contributed by atoms with Crippen molar-refractivity contribution in [3.63, 3.8) is 0 Å². The van der Waals surface area contributed by atoms with E-state index in [1.165, 1.54) is 24.0 Å². The zero-order valence-electron chi connectivity index (χ0n) is 13.4. The third-order valence-electron chi connectivity index (χ3n) is 4.35. The highest BCUT2D eigenvalue weighted by atomic mass is 19.1. The summed E-state index contributed by atoms with van der Waals surface area (Å²) in [6.07, 6.45) is 3.73. The van der Waals surface area contributed by atoms with Crippen LogP contribution in [0.15, 0.2) is 35.6 Å². The van der Waals surface area contributed by atoms with Gasteiger partial charge in [-0.15, -0.1) is 0 Å². The number of hydrogen-bond acceptors (Lipinski definition) is 3. The average Bonchev–Trinajstić information content (AvgIpc) is 3.24. The molecule has 0 spiro atoms. The highest BCUT2D eigenvalue weighted by Gasteiger charge is 2.44. The molecule has 7 heteroatoms. The lowest BCUT2D eigenvalue weighted by Crippen LogP contribution is -2.41. The van der Waals surface area contributed by atoms with Crippen LogP contribution in [0.5, 0.6) is 0 Å². The van der Waals surface area contributed by atoms with Crippen LogP contribution in [0, 0.1) is 5.82 Å². The summed E-state index contributed by atoms with van der Waals surface area (Å²) >= 11 is 0. The summed E-state index contributed by atoms with van der Waals surface area (Å²) in [6.45, 7) is 1.33. The number of halogens is 1. The average molecular weight is 316 g/mol. The number of aromatic nitrogens is 3. The van der Waals surface area contributed by atoms with E-state index in [9.17, 15) is 4.39 Å². The number of aliphatic imine (C=N–C) groups is 1. The Morgan fingerprint density at radius 3 is 2.61 bits per heavy atom. The van der Waals surface area contributed by atoms with Crippen LogP contribution in [0.1, 0.15) is 24.2 Å². The molecule has 0 atom stereocenters. The second kappa shape index (κ2) is 6.36. The Balaban J connectivity index is 1.56. The molecule has 6 nitrogen and oxygen atoms in total. The van der Waals surface area contributed by atoms with E-state index >= 15 is 0 Å². The monoisotopic (exact) mass is 316 g/mol. The van der Waals surface area contributed by atoms with E-state index in [0.717, 1.165) is 31.2 Å². The Morgan fingerprint density at radius 1 is 1.30 bits per heavy atom. The fourth-order valence-corrected chi connectivity index (χ4v) is 2.64. The SMILES string of the molecule is CN=C(NCc1ncnn1C)NCC1(c2ccc(F)cc2)CC1. The first kappa shape index (κ1) is 15.5. The van der Waals surface area contributed by atoms with Crippen LogP contribution < -0.4 is 10.6 Å². The van der Waals surface area contributed by atoms with Crippen LogP contribution in [0.4, 0.5) is 4.39 Å². The van der Waals surface area contributed by atoms with E-state index in [1.54, 1.807) is 11.7 Å². The van der Waals surface area contributed by atoms with Gasteiger partial charge in [0.25, 0.3) is 0 Å². The van der Waals surface area contributed by atoms with Crippen molar-refractivity contribution in [3.8, 4) is 0 Å². The van der Waals surface area contributed by atoms with Crippen LogP contribution in [0.25, 0.3) is 0 Å². The number of benzene rings is 1. The van der Waals surface area contributed by atoms with E-state index in [1.807, 2.05) is 19.2 Å². The van der Waals surface area contributed by atoms with Gasteiger partial charge in [-0.3, -0.25) is 9.67 Å². The van der Waals surface area contributed by atoms with Crippen molar-refractivity contribution >= 4 is 5.96 Å². The molecule has 2 aromatic rings. The van der Waals surface area contributed by atoms with Gasteiger partial charge in [-0.1, -0.05) is 12.1 Å². The van der Waals surface area contributed by atoms with Gasteiger partial charge in [0.2, 0.25) is 0 Å². The lowest BCUT2D eigenvalue weighted by molar-refractivity contribution is 0.615. The molecule has 0 amide bonds. The van der Waals surface area contributed by atoms with E-state index in [2.05, 4.69) is 25.7 Å². The van der Waals surface area contributed by atoms with Gasteiger partial charge in [0.05, 0.1) is 6.54 Å². The van der Waals surface area contributed by atoms with Gasteiger partial charge in [0, 0.05) is 26.1 Å². The van der Waals surface area contributed by atoms with Crippen molar-refractivity contribution in [1.82, 2.24) is 25.4 Å². The lowest BCUT2D eigenvalue weighted by atomic mass is 9.96. The summed E-state index contributed by atoms with van der Waals surface area (Å²) in [6, 6.07) is 6.80. The van der Waals surface area contributed by atoms with E-state index in [-0.39, 0.29) is 11.2 Å². The van der Waals surface area contributed by atoms with Gasteiger partial charge in [0.1, 0.15) is 18.0 Å². The summed E-state index contributed by atoms with van der Waals surface area (Å²) in [4.78, 5) is 8.40. The third kappa shape index (κ3) is 3.49. The molecule has 1 aliphatic carbocycles. The molecule has 1 aromatic heterocycles. The van der Waals surface area contributed by atoms with Crippen LogP contribution >= 0.6 is 0 Å². The molecule has 1 aromatic carbocycles. The summed E-state index contributed by atoms with van der Waals surface area (Å²) < 4.78 is 14.8. The number of nitrogens with zero attached hydrogens (tertiary/aromatic N) is 4. The molecular weight excluding hydrogens is 295 g/mol. The Hall–Kier alpha value is -2.44. The maximum absolute atomic E-state index is 13.1. The van der Waals surface area contributed by atoms with Gasteiger partial charge >= 0.3 is 0 Å². The highest BCUT2D eigenvalue weighted by Crippen LogP contribution is 2.47. The van der Waals surface area contributed by atoms with Gasteiger partial charge in [0.15, 0.2) is 5.96 Å². The molecule has 1 saturated carbocycles. The number of hydrogen-bond donors (Lipinski definition) is 2. The first-order chi connectivity index (χ1) is 11.1. The molecular formula is C16H21FN6. The molecule has 1 aliphatic rings. The molecule has 0 aliphatic heterocycles. The minimum absolute atomic E-state index is 0.0934. The molecule has 3 rings (SSSR count). The number of nitrogens with one attached hydrogen (secondary N) is 2. The molecule has 0 unspecified atom stereocenters. The summed E-state index contributed by atoms with van der Waals surface area (Å²) in [5.74, 6) is 1.37. The van der Waals surface area contributed by atoms with Gasteiger partial charge in [-0.25, -0.2) is 9.37 Å². The summed E-state index contributed by atoms with van der Waals surface area (Å²) in [5, 5.41) is 10.6. The zero-order chi connectivity index (χ0) is 16.3. The lowest BCUT2D eigenvalue weighted by Gasteiger charge is -2.19. The van der Waals surface area contributed by atoms with Gasteiger partial charge < -0.3 is 10.6 Å². The minimum Gasteiger partial charge on any atom is -0.356 e. The second-order valence-corrected chi connectivity index (χ2v) is 5.87. The molecule has 0 saturated heterocycles. The molecule has 23 heavy (non-hydrogen) atoms. The molecule has 1 fully saturated rings. The van der Waals surface area contributed by atoms with Crippen molar-refractivity contribution in [3.05, 3.63) is 47.8 Å². The first-order valence-corrected chi connectivity index (χ1v) is 7.66. The predicted molar refractivity (Wildman–Crippen MR) is 86.5 cm³/mol. The van der Waals surface area contributed by atoms with Crippen molar-refractivity contribution < 1.29 is 4.39 Å². The number of rotatable bonds is 5. The summed E-state index contributed by atoms with van der Waals surface area (Å²) in [5.41, 5.74) is 1.27. The van der Waals surface area contributed by atoms with Crippen molar-refractivity contribution in [2.24, 2.45) is 12.0 Å². The maximum Gasteiger partial charge on any atom is 0.191 e. The smallest absolute Gasteiger partial charge is 0.191 e. The number of guanidine groups is 1. The minimum atomic E-state index is -0.196. The Labute approximate surface area is 134 Å². The molecule has 0 bridgehead atoms. The Morgan fingerprint density at radius 2 is 2.04 bits per heavy atom. The molecule has 122 valence electrons. The van der Waals surface area contributed by atoms with E-state index < -0.39 is 0 Å². The third-order valence-corrected chi connectivity index (χ3v) is 4.35. The summed E-state index contributed by atoms with van der Waals surface area (Å²) in [7, 11) is 3.59. The van der Waals surface area contributed by atoms with Gasteiger partial charge in [-0.05, 0) is 30.5 Å². The van der Waals surface area contributed by atoms with Crippen LogP contribution in [0.3, 0.4) is 0 Å². The number of aryl methyl sites for hydroxylation is 1. The Kier molecular flexibility index (Phi) is 4.27. The molecule has 1 heterocycles. The van der Waals surface area contributed by atoms with Crippen molar-refractivity contribution in [1.29, 1.82) is 0 Å². The van der Waals surface area contributed by atoms with Crippen LogP contribution in [-0.4, -0.2) is 34.3 Å². The highest BCUT2D eigenvalue weighted by molar-refractivity contribution is 5.79. The van der Waals surface area contributed by atoms with E-state index in [0.29, 0.717) is 6.54 Å². The van der Waals surface area contributed by atoms with Crippen molar-refractivity contribution in [2.75, 3.05) is 13.6 Å². The zero-order valence-corrected chi connectivity index (χ0v) is 13.4. The van der Waals surface area contributed by atoms with Crippen LogP contribution in [0.2, 0.25) is 0 Å². The maximum atomic E-state index is 13.1.